The van der Waals surface area contributed by atoms with E-state index in [4.69, 9.17) is 0 Å². The van der Waals surface area contributed by atoms with Crippen molar-refractivity contribution >= 4 is 11.0 Å². The Balaban J connectivity index is 2.95. The van der Waals surface area contributed by atoms with Gasteiger partial charge in [0.2, 0.25) is 0 Å². The molecule has 0 spiro atoms. The number of nitrogens with zero attached hydrogens (tertiary/aromatic N) is 2. The summed E-state index contributed by atoms with van der Waals surface area (Å²) in [6.07, 6.45) is 3.33. The monoisotopic (exact) mass is 132 g/mol. The van der Waals surface area contributed by atoms with Gasteiger partial charge in [0.25, 0.3) is 0 Å². The van der Waals surface area contributed by atoms with E-state index in [0.29, 0.717) is 0 Å². The van der Waals surface area contributed by atoms with Crippen LogP contribution in [0.4, 0.5) is 0 Å². The summed E-state index contributed by atoms with van der Waals surface area (Å²) in [4.78, 5) is 10.9. The molecule has 3 heteroatoms. The Kier molecular flexibility index (Phi) is 0.974. The van der Waals surface area contributed by atoms with Gasteiger partial charge in [0, 0.05) is 11.6 Å². The van der Waals surface area contributed by atoms with Gasteiger partial charge in [-0.1, -0.05) is 0 Å². The summed E-state index contributed by atoms with van der Waals surface area (Å²) in [5, 5.41) is 0.988. The Bertz CT molecular complexity index is 350. The second-order valence-electron chi connectivity index (χ2n) is 2.06. The van der Waals surface area contributed by atoms with Crippen LogP contribution >= 0.6 is 0 Å². The molecule has 2 aromatic heterocycles. The molecule has 0 unspecified atom stereocenters. The molecule has 2 rings (SSSR count). The van der Waals surface area contributed by atoms with Crippen molar-refractivity contribution < 1.29 is 0 Å². The zero-order chi connectivity index (χ0) is 6.97. The van der Waals surface area contributed by atoms with Crippen LogP contribution < -0.4 is 0 Å². The number of hydrogen-bond acceptors (Lipinski definition) is 2. The Morgan fingerprint density at radius 1 is 1.40 bits per heavy atom. The molecular weight excluding hydrogens is 126 g/mol. The van der Waals surface area contributed by atoms with E-state index in [1.807, 2.05) is 12.3 Å². The summed E-state index contributed by atoms with van der Waals surface area (Å²) in [5.41, 5.74) is 1.62. The number of hydrogen-bond donors (Lipinski definition) is 1. The van der Waals surface area contributed by atoms with E-state index in [0.717, 1.165) is 16.7 Å². The zero-order valence-corrected chi connectivity index (χ0v) is 5.33. The number of aromatic nitrogens is 3. The van der Waals surface area contributed by atoms with E-state index in [9.17, 15) is 0 Å². The van der Waals surface area contributed by atoms with Crippen molar-refractivity contribution in [3.05, 3.63) is 31.2 Å². The third kappa shape index (κ3) is 0.603. The minimum atomic E-state index is 0.770. The van der Waals surface area contributed by atoms with Gasteiger partial charge in [-0.25, -0.2) is 9.97 Å². The molecule has 0 saturated heterocycles. The quantitative estimate of drug-likeness (QED) is 0.584. The molecule has 49 valence electrons. The predicted molar refractivity (Wildman–Crippen MR) is 38.3 cm³/mol. The van der Waals surface area contributed by atoms with Gasteiger partial charge >= 0.3 is 0 Å². The second-order valence-corrected chi connectivity index (χ2v) is 2.06. The molecule has 0 fully saturated rings. The minimum absolute atomic E-state index is 0.770. The van der Waals surface area contributed by atoms with Crippen molar-refractivity contribution in [1.29, 1.82) is 0 Å². The standard InChI is InChI=1S/C7H6N3/c1-5-6-2-3-8-7(6)10-4-9-5/h2-4H,1H2,(H,8,9,10). The highest BCUT2D eigenvalue weighted by Gasteiger charge is 1.96. The van der Waals surface area contributed by atoms with Gasteiger partial charge in [-0.05, 0) is 13.0 Å². The molecule has 10 heavy (non-hydrogen) atoms. The lowest BCUT2D eigenvalue weighted by atomic mass is 10.3. The molecule has 2 heterocycles. The highest BCUT2D eigenvalue weighted by molar-refractivity contribution is 5.78. The smallest absolute Gasteiger partial charge is 0.140 e. The maximum Gasteiger partial charge on any atom is 0.140 e. The van der Waals surface area contributed by atoms with Gasteiger partial charge in [-0.3, -0.25) is 0 Å². The Hall–Kier alpha value is -1.38. The molecule has 2 aromatic rings. The lowest BCUT2D eigenvalue weighted by molar-refractivity contribution is 1.17. The van der Waals surface area contributed by atoms with Crippen LogP contribution in [0.5, 0.6) is 0 Å². The van der Waals surface area contributed by atoms with E-state index in [-0.39, 0.29) is 0 Å². The first-order valence-electron chi connectivity index (χ1n) is 2.98. The molecule has 0 aliphatic carbocycles. The Morgan fingerprint density at radius 3 is 3.10 bits per heavy atom. The number of aromatic amines is 1. The molecular formula is C7H6N3. The van der Waals surface area contributed by atoms with Crippen LogP contribution in [-0.4, -0.2) is 15.0 Å². The van der Waals surface area contributed by atoms with Crippen molar-refractivity contribution in [2.24, 2.45) is 0 Å². The van der Waals surface area contributed by atoms with Gasteiger partial charge in [0.05, 0.1) is 5.69 Å². The van der Waals surface area contributed by atoms with E-state index < -0.39 is 0 Å². The predicted octanol–water partition coefficient (Wildman–Crippen LogP) is 1.14. The lowest BCUT2D eigenvalue weighted by Crippen LogP contribution is -1.83. The fraction of sp³-hybridized carbons (Fsp3) is 0. The Labute approximate surface area is 58.1 Å². The summed E-state index contributed by atoms with van der Waals surface area (Å²) >= 11 is 0. The minimum Gasteiger partial charge on any atom is -0.346 e. The first-order valence-corrected chi connectivity index (χ1v) is 2.98. The number of rotatable bonds is 0. The number of H-pyrrole nitrogens is 1. The van der Waals surface area contributed by atoms with Crippen molar-refractivity contribution in [1.82, 2.24) is 15.0 Å². The van der Waals surface area contributed by atoms with E-state index in [1.54, 1.807) is 0 Å². The van der Waals surface area contributed by atoms with Gasteiger partial charge in [0.1, 0.15) is 12.0 Å². The van der Waals surface area contributed by atoms with E-state index >= 15 is 0 Å². The molecule has 0 amide bonds. The van der Waals surface area contributed by atoms with Crippen LogP contribution in [0.1, 0.15) is 5.69 Å². The van der Waals surface area contributed by atoms with Crippen LogP contribution in [0.15, 0.2) is 18.6 Å². The van der Waals surface area contributed by atoms with Crippen molar-refractivity contribution in [2.75, 3.05) is 0 Å². The average molecular weight is 132 g/mol. The van der Waals surface area contributed by atoms with Crippen LogP contribution in [0, 0.1) is 6.92 Å². The van der Waals surface area contributed by atoms with Crippen molar-refractivity contribution in [3.63, 3.8) is 0 Å². The molecule has 0 bridgehead atoms. The molecule has 0 aliphatic heterocycles. The third-order valence-electron chi connectivity index (χ3n) is 1.44. The summed E-state index contributed by atoms with van der Waals surface area (Å²) in [5.74, 6) is 0. The zero-order valence-electron chi connectivity index (χ0n) is 5.33. The fourth-order valence-corrected chi connectivity index (χ4v) is 0.926. The summed E-state index contributed by atoms with van der Waals surface area (Å²) in [7, 11) is 0. The maximum atomic E-state index is 4.00. The largest absolute Gasteiger partial charge is 0.346 e. The maximum absolute atomic E-state index is 4.00. The summed E-state index contributed by atoms with van der Waals surface area (Å²) in [6.45, 7) is 3.75. The highest BCUT2D eigenvalue weighted by atomic mass is 14.9. The first-order chi connectivity index (χ1) is 4.88. The normalized spacial score (nSPS) is 10.5. The third-order valence-corrected chi connectivity index (χ3v) is 1.44. The van der Waals surface area contributed by atoms with Crippen LogP contribution in [-0.2, 0) is 0 Å². The van der Waals surface area contributed by atoms with E-state index in [1.165, 1.54) is 6.33 Å². The fourth-order valence-electron chi connectivity index (χ4n) is 0.926. The SMILES string of the molecule is [CH2]c1ncnc2[nH]ccc12. The number of nitrogens with one attached hydrogen (secondary N) is 1. The summed E-state index contributed by atoms with van der Waals surface area (Å²) < 4.78 is 0. The first kappa shape index (κ1) is 5.41. The van der Waals surface area contributed by atoms with Crippen molar-refractivity contribution in [3.8, 4) is 0 Å². The van der Waals surface area contributed by atoms with Crippen LogP contribution in [0.2, 0.25) is 0 Å². The summed E-state index contributed by atoms with van der Waals surface area (Å²) in [6, 6.07) is 1.91. The molecule has 1 N–H and O–H groups in total. The topological polar surface area (TPSA) is 41.6 Å². The molecule has 0 aliphatic rings. The highest BCUT2D eigenvalue weighted by Crippen LogP contribution is 2.10. The van der Waals surface area contributed by atoms with Gasteiger partial charge in [-0.2, -0.15) is 0 Å². The molecule has 0 saturated carbocycles. The van der Waals surface area contributed by atoms with E-state index in [2.05, 4.69) is 21.9 Å². The molecule has 0 atom stereocenters. The van der Waals surface area contributed by atoms with Gasteiger partial charge < -0.3 is 4.98 Å². The van der Waals surface area contributed by atoms with Crippen LogP contribution in [0.25, 0.3) is 11.0 Å². The molecule has 3 nitrogen and oxygen atoms in total. The van der Waals surface area contributed by atoms with Crippen molar-refractivity contribution in [2.45, 2.75) is 0 Å². The molecule has 1 radical (unpaired) electrons. The van der Waals surface area contributed by atoms with Gasteiger partial charge in [-0.15, -0.1) is 0 Å². The second kappa shape index (κ2) is 1.80. The Morgan fingerprint density at radius 2 is 2.30 bits per heavy atom. The molecule has 0 aromatic carbocycles. The lowest BCUT2D eigenvalue weighted by Gasteiger charge is -1.90. The van der Waals surface area contributed by atoms with Crippen LogP contribution in [0.3, 0.4) is 0 Å². The van der Waals surface area contributed by atoms with Gasteiger partial charge in [0.15, 0.2) is 0 Å². The average Bonchev–Trinajstić information content (AvgIpc) is 2.36. The number of fused-ring (bicyclic) bond motifs is 1.